The maximum Gasteiger partial charge on any atom is 0.141 e. The molecule has 0 aliphatic carbocycles. The highest BCUT2D eigenvalue weighted by Crippen LogP contribution is 2.30. The molecule has 0 bridgehead atoms. The van der Waals surface area contributed by atoms with Crippen LogP contribution in [-0.2, 0) is 5.88 Å². The van der Waals surface area contributed by atoms with Crippen LogP contribution in [-0.4, -0.2) is 0 Å². The second-order valence-electron chi connectivity index (χ2n) is 2.67. The Labute approximate surface area is 97.8 Å². The van der Waals surface area contributed by atoms with Crippen LogP contribution in [0.15, 0.2) is 17.5 Å². The summed E-state index contributed by atoms with van der Waals surface area (Å²) in [6.45, 7) is 0. The molecule has 0 spiro atoms. The summed E-state index contributed by atoms with van der Waals surface area (Å²) in [6, 6.07) is 3.45. The van der Waals surface area contributed by atoms with Crippen molar-refractivity contribution in [1.29, 1.82) is 0 Å². The molecule has 0 saturated heterocycles. The predicted molar refractivity (Wildman–Crippen MR) is 64.1 cm³/mol. The molecular formula is C9H5ClFIS. The van der Waals surface area contributed by atoms with Crippen molar-refractivity contribution in [1.82, 2.24) is 0 Å². The Morgan fingerprint density at radius 2 is 2.23 bits per heavy atom. The van der Waals surface area contributed by atoms with E-state index in [1.165, 1.54) is 17.4 Å². The highest BCUT2D eigenvalue weighted by molar-refractivity contribution is 14.1. The molecule has 0 aliphatic heterocycles. The molecule has 2 aromatic rings. The number of rotatable bonds is 1. The SMILES string of the molecule is Fc1cc(CCl)cc2c(I)csc12. The van der Waals surface area contributed by atoms with E-state index in [0.717, 1.165) is 19.2 Å². The van der Waals surface area contributed by atoms with Gasteiger partial charge in [-0.1, -0.05) is 0 Å². The first-order chi connectivity index (χ1) is 6.22. The fraction of sp³-hybridized carbons (Fsp3) is 0.111. The molecule has 0 saturated carbocycles. The first kappa shape index (κ1) is 9.68. The van der Waals surface area contributed by atoms with E-state index in [9.17, 15) is 4.39 Å². The highest BCUT2D eigenvalue weighted by atomic mass is 127. The van der Waals surface area contributed by atoms with Crippen molar-refractivity contribution >= 4 is 55.6 Å². The van der Waals surface area contributed by atoms with Gasteiger partial charge in [0.1, 0.15) is 5.82 Å². The lowest BCUT2D eigenvalue weighted by Crippen LogP contribution is -1.82. The van der Waals surface area contributed by atoms with Gasteiger partial charge in [-0.05, 0) is 40.3 Å². The number of halogens is 3. The Balaban J connectivity index is 2.80. The van der Waals surface area contributed by atoms with Gasteiger partial charge in [0.05, 0.1) is 4.70 Å². The van der Waals surface area contributed by atoms with Gasteiger partial charge in [-0.3, -0.25) is 0 Å². The van der Waals surface area contributed by atoms with E-state index in [2.05, 4.69) is 22.6 Å². The summed E-state index contributed by atoms with van der Waals surface area (Å²) in [4.78, 5) is 0. The van der Waals surface area contributed by atoms with E-state index in [-0.39, 0.29) is 5.82 Å². The molecule has 1 aromatic heterocycles. The van der Waals surface area contributed by atoms with E-state index >= 15 is 0 Å². The molecule has 4 heteroatoms. The fourth-order valence-corrected chi connectivity index (χ4v) is 3.16. The first-order valence-electron chi connectivity index (χ1n) is 3.63. The van der Waals surface area contributed by atoms with Gasteiger partial charge in [0.25, 0.3) is 0 Å². The smallest absolute Gasteiger partial charge is 0.141 e. The van der Waals surface area contributed by atoms with Gasteiger partial charge in [0.2, 0.25) is 0 Å². The Morgan fingerprint density at radius 3 is 2.92 bits per heavy atom. The third-order valence-corrected chi connectivity index (χ3v) is 4.42. The lowest BCUT2D eigenvalue weighted by Gasteiger charge is -1.97. The minimum atomic E-state index is -0.166. The number of hydrogen-bond donors (Lipinski definition) is 0. The second-order valence-corrected chi connectivity index (χ2v) is 4.98. The van der Waals surface area contributed by atoms with E-state index in [0.29, 0.717) is 5.88 Å². The molecule has 68 valence electrons. The summed E-state index contributed by atoms with van der Waals surface area (Å²) >= 11 is 9.29. The predicted octanol–water partition coefficient (Wildman–Crippen LogP) is 4.38. The number of alkyl halides is 1. The van der Waals surface area contributed by atoms with Crippen molar-refractivity contribution in [2.75, 3.05) is 0 Å². The summed E-state index contributed by atoms with van der Waals surface area (Å²) in [7, 11) is 0. The largest absolute Gasteiger partial charge is 0.205 e. The lowest BCUT2D eigenvalue weighted by molar-refractivity contribution is 0.640. The van der Waals surface area contributed by atoms with Gasteiger partial charge in [-0.15, -0.1) is 22.9 Å². The molecule has 0 N–H and O–H groups in total. The zero-order valence-electron chi connectivity index (χ0n) is 6.48. The Morgan fingerprint density at radius 1 is 1.46 bits per heavy atom. The van der Waals surface area contributed by atoms with E-state index in [4.69, 9.17) is 11.6 Å². The van der Waals surface area contributed by atoms with Crippen LogP contribution in [0, 0.1) is 9.39 Å². The van der Waals surface area contributed by atoms with Gasteiger partial charge in [-0.2, -0.15) is 0 Å². The van der Waals surface area contributed by atoms with Crippen molar-refractivity contribution < 1.29 is 4.39 Å². The number of hydrogen-bond acceptors (Lipinski definition) is 1. The molecular weight excluding hydrogens is 322 g/mol. The molecule has 0 nitrogen and oxygen atoms in total. The van der Waals surface area contributed by atoms with Gasteiger partial charge in [0.15, 0.2) is 0 Å². The molecule has 1 heterocycles. The molecule has 0 radical (unpaired) electrons. The van der Waals surface area contributed by atoms with Crippen LogP contribution in [0.3, 0.4) is 0 Å². The van der Waals surface area contributed by atoms with Crippen molar-refractivity contribution in [3.05, 3.63) is 32.5 Å². The van der Waals surface area contributed by atoms with Crippen LogP contribution in [0.4, 0.5) is 4.39 Å². The molecule has 0 unspecified atom stereocenters. The standard InChI is InChI=1S/C9H5ClFIS/c10-3-5-1-6-8(12)4-13-9(6)7(11)2-5/h1-2,4H,3H2. The summed E-state index contributed by atoms with van der Waals surface area (Å²) in [5.74, 6) is 0.194. The Hall–Kier alpha value is 0.130. The van der Waals surface area contributed by atoms with Crippen molar-refractivity contribution in [3.8, 4) is 0 Å². The third kappa shape index (κ3) is 1.69. The molecule has 0 aliphatic rings. The molecule has 0 fully saturated rings. The summed E-state index contributed by atoms with van der Waals surface area (Å²) in [5.41, 5.74) is 0.836. The minimum absolute atomic E-state index is 0.166. The maximum absolute atomic E-state index is 13.4. The average Bonchev–Trinajstić information content (AvgIpc) is 2.48. The van der Waals surface area contributed by atoms with Crippen LogP contribution >= 0.6 is 45.5 Å². The molecule has 0 atom stereocenters. The molecule has 2 rings (SSSR count). The monoisotopic (exact) mass is 326 g/mol. The summed E-state index contributed by atoms with van der Waals surface area (Å²) in [5, 5.41) is 2.92. The fourth-order valence-electron chi connectivity index (χ4n) is 1.20. The van der Waals surface area contributed by atoms with E-state index in [1.54, 1.807) is 0 Å². The molecule has 13 heavy (non-hydrogen) atoms. The molecule has 1 aromatic carbocycles. The second kappa shape index (κ2) is 3.71. The van der Waals surface area contributed by atoms with E-state index < -0.39 is 0 Å². The van der Waals surface area contributed by atoms with Crippen molar-refractivity contribution in [3.63, 3.8) is 0 Å². The third-order valence-electron chi connectivity index (χ3n) is 1.80. The summed E-state index contributed by atoms with van der Waals surface area (Å²) in [6.07, 6.45) is 0. The van der Waals surface area contributed by atoms with Crippen molar-refractivity contribution in [2.24, 2.45) is 0 Å². The van der Waals surface area contributed by atoms with Crippen LogP contribution < -0.4 is 0 Å². The van der Waals surface area contributed by atoms with Crippen LogP contribution in [0.2, 0.25) is 0 Å². The zero-order valence-corrected chi connectivity index (χ0v) is 10.2. The first-order valence-corrected chi connectivity index (χ1v) is 6.12. The number of benzene rings is 1. The lowest BCUT2D eigenvalue weighted by atomic mass is 10.2. The minimum Gasteiger partial charge on any atom is -0.205 e. The van der Waals surface area contributed by atoms with Crippen LogP contribution in [0.1, 0.15) is 5.56 Å². The average molecular weight is 327 g/mol. The van der Waals surface area contributed by atoms with Crippen LogP contribution in [0.25, 0.3) is 10.1 Å². The topological polar surface area (TPSA) is 0 Å². The molecule has 0 amide bonds. The summed E-state index contributed by atoms with van der Waals surface area (Å²) < 4.78 is 15.2. The van der Waals surface area contributed by atoms with Crippen molar-refractivity contribution in [2.45, 2.75) is 5.88 Å². The normalized spacial score (nSPS) is 11.0. The van der Waals surface area contributed by atoms with E-state index in [1.807, 2.05) is 11.4 Å². The number of thiophene rings is 1. The van der Waals surface area contributed by atoms with Gasteiger partial charge in [-0.25, -0.2) is 4.39 Å². The van der Waals surface area contributed by atoms with Gasteiger partial charge in [0, 0.05) is 20.2 Å². The Kier molecular flexibility index (Phi) is 2.76. The van der Waals surface area contributed by atoms with Gasteiger partial charge >= 0.3 is 0 Å². The van der Waals surface area contributed by atoms with Gasteiger partial charge < -0.3 is 0 Å². The highest BCUT2D eigenvalue weighted by Gasteiger charge is 2.07. The maximum atomic E-state index is 13.4. The van der Waals surface area contributed by atoms with Crippen LogP contribution in [0.5, 0.6) is 0 Å². The zero-order chi connectivity index (χ0) is 9.42. The Bertz CT molecular complexity index is 452. The number of fused-ring (bicyclic) bond motifs is 1. The quantitative estimate of drug-likeness (QED) is 0.539.